The average molecular weight is 539 g/mol. The molecule has 4 amide bonds. The first-order chi connectivity index (χ1) is 18.9. The number of aromatic nitrogens is 2. The smallest absolute Gasteiger partial charge is 0.272 e. The van der Waals surface area contributed by atoms with E-state index in [1.165, 1.54) is 7.11 Å². The summed E-state index contributed by atoms with van der Waals surface area (Å²) < 4.78 is 6.76. The van der Waals surface area contributed by atoms with E-state index in [9.17, 15) is 19.2 Å². The van der Waals surface area contributed by atoms with E-state index in [1.54, 1.807) is 14.5 Å². The molecule has 1 atom stereocenters. The third-order valence-corrected chi connectivity index (χ3v) is 7.34. The standard InChI is InChI=1S/C28H38N6O5/c1-32-23-11-10-21-17-22(23)27(31-32)28(38)29-13-16-33(26(37)19-39-2)14-6-9-25(36)34(18-24(35)30-21)15-12-20-7-4-3-5-8-20/h3-5,7-8,21H,6,9-19H2,1-2H3,(H,29,38)(H,30,35). The van der Waals surface area contributed by atoms with Crippen molar-refractivity contribution in [2.75, 3.05) is 46.4 Å². The van der Waals surface area contributed by atoms with E-state index in [4.69, 9.17) is 4.74 Å². The maximum atomic E-state index is 13.3. The van der Waals surface area contributed by atoms with Gasteiger partial charge in [0.1, 0.15) is 6.61 Å². The van der Waals surface area contributed by atoms with Crippen LogP contribution in [0.15, 0.2) is 30.3 Å². The zero-order chi connectivity index (χ0) is 27.8. The fourth-order valence-electron chi connectivity index (χ4n) is 5.29. The Morgan fingerprint density at radius 2 is 1.92 bits per heavy atom. The van der Waals surface area contributed by atoms with Crippen LogP contribution in [0, 0.1) is 0 Å². The summed E-state index contributed by atoms with van der Waals surface area (Å²) in [5.74, 6) is -0.862. The highest BCUT2D eigenvalue weighted by molar-refractivity contribution is 5.94. The second kappa shape index (κ2) is 13.4. The van der Waals surface area contributed by atoms with E-state index in [0.717, 1.165) is 23.2 Å². The molecule has 2 N–H and O–H groups in total. The number of hydrogen-bond donors (Lipinski definition) is 2. The molecule has 1 unspecified atom stereocenters. The van der Waals surface area contributed by atoms with Crippen LogP contribution in [-0.2, 0) is 45.4 Å². The van der Waals surface area contributed by atoms with Gasteiger partial charge in [0.15, 0.2) is 5.69 Å². The Kier molecular flexibility index (Phi) is 9.69. The Balaban J connectivity index is 1.54. The number of amides is 4. The van der Waals surface area contributed by atoms with Gasteiger partial charge in [0, 0.05) is 64.1 Å². The molecule has 39 heavy (non-hydrogen) atoms. The van der Waals surface area contributed by atoms with Gasteiger partial charge in [-0.1, -0.05) is 30.3 Å². The first-order valence-electron chi connectivity index (χ1n) is 13.6. The summed E-state index contributed by atoms with van der Waals surface area (Å²) in [7, 11) is 3.28. The van der Waals surface area contributed by atoms with Gasteiger partial charge in [-0.3, -0.25) is 23.9 Å². The molecule has 0 saturated carbocycles. The monoisotopic (exact) mass is 538 g/mol. The molecule has 4 rings (SSSR count). The van der Waals surface area contributed by atoms with Gasteiger partial charge in [-0.15, -0.1) is 0 Å². The van der Waals surface area contributed by atoms with E-state index >= 15 is 0 Å². The lowest BCUT2D eigenvalue weighted by Gasteiger charge is -2.27. The molecule has 1 aromatic heterocycles. The van der Waals surface area contributed by atoms with Gasteiger partial charge < -0.3 is 25.2 Å². The van der Waals surface area contributed by atoms with Crippen molar-refractivity contribution in [2.24, 2.45) is 7.05 Å². The van der Waals surface area contributed by atoms with Crippen LogP contribution in [0.2, 0.25) is 0 Å². The molecule has 1 aliphatic heterocycles. The molecule has 0 saturated heterocycles. The predicted octanol–water partition coefficient (Wildman–Crippen LogP) is 0.464. The number of nitrogens with zero attached hydrogens (tertiary/aromatic N) is 4. The van der Waals surface area contributed by atoms with Gasteiger partial charge in [0.2, 0.25) is 17.7 Å². The van der Waals surface area contributed by atoms with Crippen molar-refractivity contribution >= 4 is 23.6 Å². The minimum absolute atomic E-state index is 0.0400. The Hall–Kier alpha value is -3.73. The van der Waals surface area contributed by atoms with Gasteiger partial charge in [0.05, 0.1) is 6.54 Å². The lowest BCUT2D eigenvalue weighted by Crippen LogP contribution is -2.46. The van der Waals surface area contributed by atoms with Crippen molar-refractivity contribution in [3.8, 4) is 0 Å². The van der Waals surface area contributed by atoms with Crippen molar-refractivity contribution in [2.45, 2.75) is 44.6 Å². The Morgan fingerprint density at radius 3 is 2.69 bits per heavy atom. The van der Waals surface area contributed by atoms with Gasteiger partial charge in [-0.05, 0) is 37.7 Å². The van der Waals surface area contributed by atoms with Gasteiger partial charge in [-0.25, -0.2) is 0 Å². The van der Waals surface area contributed by atoms with E-state index in [0.29, 0.717) is 44.5 Å². The van der Waals surface area contributed by atoms with Crippen LogP contribution in [0.25, 0.3) is 0 Å². The molecule has 1 aliphatic carbocycles. The van der Waals surface area contributed by atoms with Crippen LogP contribution >= 0.6 is 0 Å². The van der Waals surface area contributed by atoms with E-state index in [2.05, 4.69) is 15.7 Å². The Labute approximate surface area is 228 Å². The minimum atomic E-state index is -0.301. The lowest BCUT2D eigenvalue weighted by atomic mass is 9.91. The molecule has 0 spiro atoms. The first kappa shape index (κ1) is 28.3. The molecular formula is C28H38N6O5. The van der Waals surface area contributed by atoms with Crippen LogP contribution in [0.3, 0.4) is 0 Å². The van der Waals surface area contributed by atoms with Crippen LogP contribution in [0.1, 0.15) is 46.6 Å². The number of aryl methyl sites for hydroxylation is 1. The average Bonchev–Trinajstić information content (AvgIpc) is 3.25. The highest BCUT2D eigenvalue weighted by atomic mass is 16.5. The largest absolute Gasteiger partial charge is 0.375 e. The molecule has 2 aliphatic rings. The number of carbonyl (C=O) groups is 4. The molecule has 1 aromatic carbocycles. The Morgan fingerprint density at radius 1 is 1.13 bits per heavy atom. The van der Waals surface area contributed by atoms with Gasteiger partial charge >= 0.3 is 0 Å². The molecule has 0 radical (unpaired) electrons. The minimum Gasteiger partial charge on any atom is -0.375 e. The molecule has 210 valence electrons. The second-order valence-electron chi connectivity index (χ2n) is 10.1. The molecule has 2 heterocycles. The Bertz CT molecular complexity index is 1180. The third-order valence-electron chi connectivity index (χ3n) is 7.34. The highest BCUT2D eigenvalue weighted by Gasteiger charge is 2.30. The predicted molar refractivity (Wildman–Crippen MR) is 144 cm³/mol. The molecule has 2 aromatic rings. The molecular weight excluding hydrogens is 500 g/mol. The zero-order valence-corrected chi connectivity index (χ0v) is 22.8. The number of methoxy groups -OCH3 is 1. The number of benzene rings is 1. The first-order valence-corrected chi connectivity index (χ1v) is 13.6. The summed E-state index contributed by atoms with van der Waals surface area (Å²) in [6.07, 6.45) is 3.18. The number of fused-ring (bicyclic) bond motifs is 1. The maximum Gasteiger partial charge on any atom is 0.272 e. The summed E-state index contributed by atoms with van der Waals surface area (Å²) in [4.78, 5) is 55.2. The van der Waals surface area contributed by atoms with Crippen LogP contribution in [0.4, 0.5) is 0 Å². The van der Waals surface area contributed by atoms with Crippen molar-refractivity contribution in [3.05, 3.63) is 52.8 Å². The SMILES string of the molecule is COCC(=O)N1CCCC(=O)N(CCc2ccccc2)CC(=O)NC2CCc3c(c(nn3C)C(=O)NCC1)C2. The fourth-order valence-corrected chi connectivity index (χ4v) is 5.29. The molecule has 11 heteroatoms. The molecule has 11 nitrogen and oxygen atoms in total. The topological polar surface area (TPSA) is 126 Å². The highest BCUT2D eigenvalue weighted by Crippen LogP contribution is 2.24. The lowest BCUT2D eigenvalue weighted by molar-refractivity contribution is -0.137. The summed E-state index contributed by atoms with van der Waals surface area (Å²) in [6.45, 7) is 1.17. The van der Waals surface area contributed by atoms with Gasteiger partial charge in [0.25, 0.3) is 5.91 Å². The van der Waals surface area contributed by atoms with Crippen LogP contribution < -0.4 is 10.6 Å². The number of hydrogen-bond acceptors (Lipinski definition) is 6. The van der Waals surface area contributed by atoms with Crippen molar-refractivity contribution in [3.63, 3.8) is 0 Å². The zero-order valence-electron chi connectivity index (χ0n) is 22.8. The van der Waals surface area contributed by atoms with Crippen molar-refractivity contribution < 1.29 is 23.9 Å². The van der Waals surface area contributed by atoms with Crippen LogP contribution in [0.5, 0.6) is 0 Å². The van der Waals surface area contributed by atoms with E-state index < -0.39 is 0 Å². The third kappa shape index (κ3) is 7.44. The van der Waals surface area contributed by atoms with E-state index in [-0.39, 0.29) is 62.3 Å². The number of carbonyl (C=O) groups excluding carboxylic acids is 4. The van der Waals surface area contributed by atoms with E-state index in [1.807, 2.05) is 37.4 Å². The summed E-state index contributed by atoms with van der Waals surface area (Å²) in [5, 5.41) is 10.4. The normalized spacial score (nSPS) is 19.3. The number of nitrogens with one attached hydrogen (secondary N) is 2. The summed E-state index contributed by atoms with van der Waals surface area (Å²) in [6, 6.07) is 9.71. The quantitative estimate of drug-likeness (QED) is 0.570. The summed E-state index contributed by atoms with van der Waals surface area (Å²) >= 11 is 0. The van der Waals surface area contributed by atoms with Crippen molar-refractivity contribution in [1.82, 2.24) is 30.2 Å². The molecule has 2 bridgehead atoms. The second-order valence-corrected chi connectivity index (χ2v) is 10.1. The van der Waals surface area contributed by atoms with Crippen molar-refractivity contribution in [1.29, 1.82) is 0 Å². The van der Waals surface area contributed by atoms with Crippen LogP contribution in [-0.4, -0.2) is 95.7 Å². The maximum absolute atomic E-state index is 13.3. The fraction of sp³-hybridized carbons (Fsp3) is 0.536. The molecule has 0 fully saturated rings. The number of rotatable bonds is 5. The van der Waals surface area contributed by atoms with Gasteiger partial charge in [-0.2, -0.15) is 5.10 Å². The number of ether oxygens (including phenoxy) is 1. The summed E-state index contributed by atoms with van der Waals surface area (Å²) in [5.41, 5.74) is 3.26.